The molecule has 1 fully saturated rings. The number of nitrogens with zero attached hydrogens (tertiary/aromatic N) is 1. The third kappa shape index (κ3) is 1.95. The van der Waals surface area contributed by atoms with E-state index in [4.69, 9.17) is 0 Å². The normalized spacial score (nSPS) is 22.5. The molecule has 0 saturated carbocycles. The van der Waals surface area contributed by atoms with Crippen LogP contribution >= 0.6 is 11.3 Å². The summed E-state index contributed by atoms with van der Waals surface area (Å²) in [6.45, 7) is 3.34. The molecule has 1 unspecified atom stereocenters. The van der Waals surface area contributed by atoms with Crippen LogP contribution in [0.3, 0.4) is 0 Å². The Kier molecular flexibility index (Phi) is 2.42. The van der Waals surface area contributed by atoms with Gasteiger partial charge in [0.05, 0.1) is 17.2 Å². The van der Waals surface area contributed by atoms with Gasteiger partial charge in [-0.15, -0.1) is 11.3 Å². The monoisotopic (exact) mass is 196 g/mol. The molecule has 0 spiro atoms. The first kappa shape index (κ1) is 8.84. The average molecular weight is 196 g/mol. The molecule has 0 radical (unpaired) electrons. The number of hydrogen-bond donors (Lipinski definition) is 1. The van der Waals surface area contributed by atoms with Crippen LogP contribution in [-0.2, 0) is 11.2 Å². The van der Waals surface area contributed by atoms with Crippen molar-refractivity contribution in [2.45, 2.75) is 13.3 Å². The van der Waals surface area contributed by atoms with Crippen LogP contribution < -0.4 is 5.32 Å². The Morgan fingerprint density at radius 3 is 3.15 bits per heavy atom. The maximum absolute atomic E-state index is 11.3. The molecule has 1 aromatic rings. The number of carbonyl (C=O) groups is 1. The number of thiazole rings is 1. The Labute approximate surface area is 81.2 Å². The zero-order valence-corrected chi connectivity index (χ0v) is 8.36. The fourth-order valence-electron chi connectivity index (χ4n) is 1.57. The number of ketones is 1. The van der Waals surface area contributed by atoms with Crippen molar-refractivity contribution >= 4 is 17.1 Å². The van der Waals surface area contributed by atoms with E-state index in [1.165, 1.54) is 0 Å². The summed E-state index contributed by atoms with van der Waals surface area (Å²) in [4.78, 5) is 15.6. The van der Waals surface area contributed by atoms with E-state index in [9.17, 15) is 4.79 Å². The van der Waals surface area contributed by atoms with Gasteiger partial charge in [-0.3, -0.25) is 4.79 Å². The average Bonchev–Trinajstić information content (AvgIpc) is 2.64. The van der Waals surface area contributed by atoms with Gasteiger partial charge in [0.2, 0.25) is 0 Å². The largest absolute Gasteiger partial charge is 0.309 e. The van der Waals surface area contributed by atoms with Crippen LogP contribution in [0.15, 0.2) is 5.38 Å². The van der Waals surface area contributed by atoms with Crippen LogP contribution in [0.25, 0.3) is 0 Å². The topological polar surface area (TPSA) is 42.0 Å². The van der Waals surface area contributed by atoms with Gasteiger partial charge < -0.3 is 5.32 Å². The van der Waals surface area contributed by atoms with Crippen LogP contribution in [0.5, 0.6) is 0 Å². The van der Waals surface area contributed by atoms with E-state index < -0.39 is 0 Å². The number of aryl methyl sites for hydroxylation is 1. The molecule has 1 atom stereocenters. The molecule has 0 amide bonds. The molecule has 0 aromatic carbocycles. The number of nitrogens with one attached hydrogen (secondary N) is 1. The van der Waals surface area contributed by atoms with Gasteiger partial charge in [-0.2, -0.15) is 0 Å². The van der Waals surface area contributed by atoms with Gasteiger partial charge in [-0.1, -0.05) is 0 Å². The minimum atomic E-state index is 0.154. The van der Waals surface area contributed by atoms with Crippen molar-refractivity contribution in [3.63, 3.8) is 0 Å². The van der Waals surface area contributed by atoms with Gasteiger partial charge in [-0.05, 0) is 6.92 Å². The van der Waals surface area contributed by atoms with E-state index in [0.29, 0.717) is 12.3 Å². The van der Waals surface area contributed by atoms with Gasteiger partial charge in [-0.25, -0.2) is 4.98 Å². The van der Waals surface area contributed by atoms with Gasteiger partial charge >= 0.3 is 0 Å². The van der Waals surface area contributed by atoms with E-state index in [1.807, 2.05) is 12.3 Å². The quantitative estimate of drug-likeness (QED) is 0.760. The predicted molar refractivity (Wildman–Crippen MR) is 51.9 cm³/mol. The molecule has 0 bridgehead atoms. The number of hydrogen-bond acceptors (Lipinski definition) is 4. The maximum atomic E-state index is 11.3. The summed E-state index contributed by atoms with van der Waals surface area (Å²) >= 11 is 1.65. The Balaban J connectivity index is 2.01. The van der Waals surface area contributed by atoms with Crippen molar-refractivity contribution in [1.82, 2.24) is 10.3 Å². The molecule has 1 N–H and O–H groups in total. The van der Waals surface area contributed by atoms with Gasteiger partial charge in [0.15, 0.2) is 5.78 Å². The molecule has 2 heterocycles. The molecule has 70 valence electrons. The SMILES string of the molecule is Cc1nc(CC2CNCC2=O)cs1. The maximum Gasteiger partial charge on any atom is 0.151 e. The second-order valence-corrected chi connectivity index (χ2v) is 4.42. The third-order valence-corrected chi connectivity index (χ3v) is 3.09. The first-order chi connectivity index (χ1) is 6.25. The van der Waals surface area contributed by atoms with Crippen LogP contribution in [0.1, 0.15) is 10.7 Å². The highest BCUT2D eigenvalue weighted by atomic mass is 32.1. The molecule has 3 nitrogen and oxygen atoms in total. The summed E-state index contributed by atoms with van der Waals surface area (Å²) in [5, 5.41) is 6.20. The van der Waals surface area contributed by atoms with Crippen molar-refractivity contribution in [3.8, 4) is 0 Å². The van der Waals surface area contributed by atoms with Crippen LogP contribution in [0.2, 0.25) is 0 Å². The molecule has 1 aliphatic rings. The number of rotatable bonds is 2. The highest BCUT2D eigenvalue weighted by Crippen LogP contribution is 2.15. The summed E-state index contributed by atoms with van der Waals surface area (Å²) in [5.74, 6) is 0.479. The zero-order valence-electron chi connectivity index (χ0n) is 7.54. The zero-order chi connectivity index (χ0) is 9.26. The highest BCUT2D eigenvalue weighted by molar-refractivity contribution is 7.09. The summed E-state index contributed by atoms with van der Waals surface area (Å²) in [7, 11) is 0. The molecular weight excluding hydrogens is 184 g/mol. The van der Waals surface area contributed by atoms with Crippen LogP contribution in [-0.4, -0.2) is 23.9 Å². The number of aromatic nitrogens is 1. The molecule has 4 heteroatoms. The molecule has 0 aliphatic carbocycles. The molecule has 13 heavy (non-hydrogen) atoms. The van der Waals surface area contributed by atoms with Crippen LogP contribution in [0.4, 0.5) is 0 Å². The molecule has 2 rings (SSSR count). The van der Waals surface area contributed by atoms with E-state index in [1.54, 1.807) is 11.3 Å². The lowest BCUT2D eigenvalue weighted by Crippen LogP contribution is -2.14. The Bertz CT molecular complexity index is 321. The summed E-state index contributed by atoms with van der Waals surface area (Å²) in [5.41, 5.74) is 1.06. The second-order valence-electron chi connectivity index (χ2n) is 3.36. The fraction of sp³-hybridized carbons (Fsp3) is 0.556. The fourth-order valence-corrected chi connectivity index (χ4v) is 2.19. The van der Waals surface area contributed by atoms with E-state index >= 15 is 0 Å². The van der Waals surface area contributed by atoms with Crippen molar-refractivity contribution < 1.29 is 4.79 Å². The molecule has 1 aliphatic heterocycles. The second kappa shape index (κ2) is 3.55. The number of carbonyl (C=O) groups excluding carboxylic acids is 1. The highest BCUT2D eigenvalue weighted by Gasteiger charge is 2.24. The lowest BCUT2D eigenvalue weighted by molar-refractivity contribution is -0.119. The Morgan fingerprint density at radius 1 is 1.77 bits per heavy atom. The lowest BCUT2D eigenvalue weighted by Gasteiger charge is -2.02. The van der Waals surface area contributed by atoms with E-state index in [0.717, 1.165) is 23.7 Å². The van der Waals surface area contributed by atoms with Gasteiger partial charge in [0.1, 0.15) is 0 Å². The first-order valence-electron chi connectivity index (χ1n) is 4.40. The summed E-state index contributed by atoms with van der Waals surface area (Å²) < 4.78 is 0. The predicted octanol–water partition coefficient (Wildman–Crippen LogP) is 0.783. The van der Waals surface area contributed by atoms with Crippen molar-refractivity contribution in [1.29, 1.82) is 0 Å². The van der Waals surface area contributed by atoms with Crippen molar-refractivity contribution in [2.24, 2.45) is 5.92 Å². The molecule has 1 aromatic heterocycles. The van der Waals surface area contributed by atoms with Gasteiger partial charge in [0.25, 0.3) is 0 Å². The van der Waals surface area contributed by atoms with E-state index in [2.05, 4.69) is 10.3 Å². The Morgan fingerprint density at radius 2 is 2.62 bits per heavy atom. The smallest absolute Gasteiger partial charge is 0.151 e. The van der Waals surface area contributed by atoms with Crippen LogP contribution in [0, 0.1) is 12.8 Å². The summed E-state index contributed by atoms with van der Waals surface area (Å²) in [6, 6.07) is 0. The standard InChI is InChI=1S/C9H12N2OS/c1-6-11-8(5-13-6)2-7-3-10-4-9(7)12/h5,7,10H,2-4H2,1H3. The Hall–Kier alpha value is -0.740. The first-order valence-corrected chi connectivity index (χ1v) is 5.28. The lowest BCUT2D eigenvalue weighted by atomic mass is 10.0. The van der Waals surface area contributed by atoms with E-state index in [-0.39, 0.29) is 5.92 Å². The minimum absolute atomic E-state index is 0.154. The molecular formula is C9H12N2OS. The number of Topliss-reactive ketones (excluding diaryl/α,β-unsaturated/α-hetero) is 1. The van der Waals surface area contributed by atoms with Gasteiger partial charge in [0, 0.05) is 24.3 Å². The van der Waals surface area contributed by atoms with Crippen molar-refractivity contribution in [3.05, 3.63) is 16.1 Å². The molecule has 1 saturated heterocycles. The third-order valence-electron chi connectivity index (χ3n) is 2.27. The summed E-state index contributed by atoms with van der Waals surface area (Å²) in [6.07, 6.45) is 0.802. The van der Waals surface area contributed by atoms with Crippen molar-refractivity contribution in [2.75, 3.05) is 13.1 Å². The minimum Gasteiger partial charge on any atom is -0.309 e.